The van der Waals surface area contributed by atoms with E-state index >= 15 is 0 Å². The molecule has 0 unspecified atom stereocenters. The minimum atomic E-state index is -3.93. The molecule has 0 radical (unpaired) electrons. The maximum absolute atomic E-state index is 13.6. The van der Waals surface area contributed by atoms with Crippen LogP contribution in [0.1, 0.15) is 12.8 Å². The Bertz CT molecular complexity index is 1490. The second-order valence-electron chi connectivity index (χ2n) is 10.3. The molecular formula is C30H37N5O7S. The molecule has 0 aliphatic carbocycles. The van der Waals surface area contributed by atoms with E-state index in [0.717, 1.165) is 18.4 Å². The molecule has 3 aromatic rings. The molecule has 1 aromatic heterocycles. The lowest BCUT2D eigenvalue weighted by Gasteiger charge is -2.36. The molecule has 2 aliphatic rings. The summed E-state index contributed by atoms with van der Waals surface area (Å²) in [6.45, 7) is 2.42. The van der Waals surface area contributed by atoms with Gasteiger partial charge in [-0.15, -0.1) is 10.2 Å². The van der Waals surface area contributed by atoms with Gasteiger partial charge in [0.1, 0.15) is 17.2 Å². The molecule has 3 heterocycles. The third-order valence-corrected chi connectivity index (χ3v) is 9.56. The number of sulfonamides is 1. The van der Waals surface area contributed by atoms with Crippen molar-refractivity contribution in [2.45, 2.75) is 23.8 Å². The minimum absolute atomic E-state index is 0.109. The van der Waals surface area contributed by atoms with Gasteiger partial charge in [-0.2, -0.15) is 4.31 Å². The fraction of sp³-hybridized carbons (Fsp3) is 0.433. The van der Waals surface area contributed by atoms with E-state index in [1.165, 1.54) is 23.5 Å². The molecule has 1 amide bonds. The van der Waals surface area contributed by atoms with Crippen LogP contribution in [0.15, 0.2) is 59.5 Å². The van der Waals surface area contributed by atoms with E-state index in [9.17, 15) is 13.2 Å². The molecule has 43 heavy (non-hydrogen) atoms. The average Bonchev–Trinajstić information content (AvgIpc) is 3.57. The molecule has 0 bridgehead atoms. The summed E-state index contributed by atoms with van der Waals surface area (Å²) in [5, 5.41) is 8.84. The van der Waals surface area contributed by atoms with Gasteiger partial charge < -0.3 is 28.7 Å². The zero-order valence-electron chi connectivity index (χ0n) is 24.6. The zero-order chi connectivity index (χ0) is 30.4. The Hall–Kier alpha value is -3.94. The quantitative estimate of drug-likeness (QED) is 0.320. The van der Waals surface area contributed by atoms with Gasteiger partial charge >= 0.3 is 0 Å². The smallest absolute Gasteiger partial charge is 0.243 e. The number of carbonyl (C=O) groups is 1. The lowest BCUT2D eigenvalue weighted by Crippen LogP contribution is -2.52. The monoisotopic (exact) mass is 611 g/mol. The van der Waals surface area contributed by atoms with E-state index in [4.69, 9.17) is 18.9 Å². The fourth-order valence-electron chi connectivity index (χ4n) is 5.24. The van der Waals surface area contributed by atoms with Crippen LogP contribution in [0.2, 0.25) is 0 Å². The van der Waals surface area contributed by atoms with Crippen LogP contribution in [0.3, 0.4) is 0 Å². The maximum Gasteiger partial charge on any atom is 0.243 e. The van der Waals surface area contributed by atoms with Gasteiger partial charge in [0.25, 0.3) is 0 Å². The number of benzene rings is 2. The summed E-state index contributed by atoms with van der Waals surface area (Å²) in [7, 11) is 0.783. The number of nitrogens with zero attached hydrogens (tertiary/aromatic N) is 5. The number of amides is 1. The number of rotatable bonds is 11. The van der Waals surface area contributed by atoms with Crippen LogP contribution in [0, 0.1) is 0 Å². The summed E-state index contributed by atoms with van der Waals surface area (Å²) >= 11 is 0. The van der Waals surface area contributed by atoms with Crippen molar-refractivity contribution in [1.29, 1.82) is 0 Å². The standard InChI is InChI=1S/C30H37N5O7S/c1-39-22-6-9-25(10-7-22)43(37,38)35(20-24-5-4-18-42-24)21-30(36)34-16-14-33(15-17-34)29-13-12-27(31-32-29)26-11-8-23(40-2)19-28(26)41-3/h6-13,19,24H,4-5,14-18,20-21H2,1-3H3/t24-/m0/s1. The molecule has 1 atom stereocenters. The number of methoxy groups -OCH3 is 3. The predicted octanol–water partition coefficient (Wildman–Crippen LogP) is 2.69. The molecule has 0 spiro atoms. The Morgan fingerprint density at radius 2 is 1.65 bits per heavy atom. The molecule has 2 fully saturated rings. The van der Waals surface area contributed by atoms with Gasteiger partial charge in [0, 0.05) is 51.0 Å². The van der Waals surface area contributed by atoms with Gasteiger partial charge in [-0.25, -0.2) is 8.42 Å². The fourth-order valence-corrected chi connectivity index (χ4v) is 6.66. The first kappa shape index (κ1) is 30.5. The van der Waals surface area contributed by atoms with Crippen LogP contribution in [-0.2, 0) is 19.6 Å². The zero-order valence-corrected chi connectivity index (χ0v) is 25.5. The summed E-state index contributed by atoms with van der Waals surface area (Å²) in [5.41, 5.74) is 1.47. The molecule has 5 rings (SSSR count). The predicted molar refractivity (Wildman–Crippen MR) is 160 cm³/mol. The molecule has 2 aromatic carbocycles. The van der Waals surface area contributed by atoms with Crippen molar-refractivity contribution in [3.63, 3.8) is 0 Å². The van der Waals surface area contributed by atoms with E-state index < -0.39 is 10.0 Å². The van der Waals surface area contributed by atoms with Gasteiger partial charge in [-0.05, 0) is 61.4 Å². The van der Waals surface area contributed by atoms with Crippen molar-refractivity contribution < 1.29 is 32.2 Å². The Morgan fingerprint density at radius 3 is 2.26 bits per heavy atom. The summed E-state index contributed by atoms with van der Waals surface area (Å²) in [6.07, 6.45) is 1.39. The number of aromatic nitrogens is 2. The first-order valence-electron chi connectivity index (χ1n) is 14.2. The molecular weight excluding hydrogens is 574 g/mol. The molecule has 13 heteroatoms. The topological polar surface area (TPSA) is 124 Å². The van der Waals surface area contributed by atoms with Crippen molar-refractivity contribution >= 4 is 21.7 Å². The van der Waals surface area contributed by atoms with Crippen molar-refractivity contribution in [3.8, 4) is 28.5 Å². The second kappa shape index (κ2) is 13.6. The Kier molecular flexibility index (Phi) is 9.63. The average molecular weight is 612 g/mol. The molecule has 0 N–H and O–H groups in total. The van der Waals surface area contributed by atoms with Gasteiger partial charge in [0.05, 0.1) is 44.6 Å². The third kappa shape index (κ3) is 7.00. The highest BCUT2D eigenvalue weighted by Crippen LogP contribution is 2.32. The third-order valence-electron chi connectivity index (χ3n) is 7.73. The van der Waals surface area contributed by atoms with Crippen LogP contribution in [0.5, 0.6) is 17.2 Å². The Balaban J connectivity index is 1.23. The summed E-state index contributed by atoms with van der Waals surface area (Å²) in [4.78, 5) is 17.3. The number of piperazine rings is 1. The number of anilines is 1. The van der Waals surface area contributed by atoms with E-state index in [-0.39, 0.29) is 30.0 Å². The molecule has 0 saturated carbocycles. The summed E-state index contributed by atoms with van der Waals surface area (Å²) in [6, 6.07) is 15.5. The highest BCUT2D eigenvalue weighted by atomic mass is 32.2. The number of hydrogen-bond donors (Lipinski definition) is 0. The summed E-state index contributed by atoms with van der Waals surface area (Å²) in [5.74, 6) is 2.33. The van der Waals surface area contributed by atoms with Crippen molar-refractivity contribution in [1.82, 2.24) is 19.4 Å². The molecule has 2 saturated heterocycles. The molecule has 12 nitrogen and oxygen atoms in total. The lowest BCUT2D eigenvalue weighted by atomic mass is 10.1. The number of carbonyl (C=O) groups excluding carboxylic acids is 1. The highest BCUT2D eigenvalue weighted by Gasteiger charge is 2.33. The van der Waals surface area contributed by atoms with E-state index in [2.05, 4.69) is 15.1 Å². The van der Waals surface area contributed by atoms with Crippen LogP contribution >= 0.6 is 0 Å². The number of hydrogen-bond acceptors (Lipinski definition) is 10. The van der Waals surface area contributed by atoms with E-state index in [1.54, 1.807) is 37.3 Å². The molecule has 2 aliphatic heterocycles. The molecule has 230 valence electrons. The second-order valence-corrected chi connectivity index (χ2v) is 12.3. The SMILES string of the molecule is COc1ccc(S(=O)(=O)N(CC(=O)N2CCN(c3ccc(-c4ccc(OC)cc4OC)nn3)CC2)C[C@@H]2CCCO2)cc1. The maximum atomic E-state index is 13.6. The van der Waals surface area contributed by atoms with Gasteiger partial charge in [-0.3, -0.25) is 4.79 Å². The van der Waals surface area contributed by atoms with Crippen LogP contribution < -0.4 is 19.1 Å². The van der Waals surface area contributed by atoms with Crippen LogP contribution in [0.4, 0.5) is 5.82 Å². The summed E-state index contributed by atoms with van der Waals surface area (Å²) < 4.78 is 50.1. The van der Waals surface area contributed by atoms with Crippen molar-refractivity contribution in [3.05, 3.63) is 54.6 Å². The first-order chi connectivity index (χ1) is 20.8. The largest absolute Gasteiger partial charge is 0.497 e. The Morgan fingerprint density at radius 1 is 0.930 bits per heavy atom. The normalized spacial score (nSPS) is 17.3. The lowest BCUT2D eigenvalue weighted by molar-refractivity contribution is -0.131. The van der Waals surface area contributed by atoms with Gasteiger partial charge in [0.15, 0.2) is 5.82 Å². The van der Waals surface area contributed by atoms with Crippen LogP contribution in [-0.4, -0.2) is 107 Å². The number of ether oxygens (including phenoxy) is 4. The first-order valence-corrected chi connectivity index (χ1v) is 15.6. The Labute approximate surface area is 252 Å². The van der Waals surface area contributed by atoms with Gasteiger partial charge in [-0.1, -0.05) is 0 Å². The van der Waals surface area contributed by atoms with Gasteiger partial charge in [0.2, 0.25) is 15.9 Å². The highest BCUT2D eigenvalue weighted by molar-refractivity contribution is 7.89. The van der Waals surface area contributed by atoms with Crippen LogP contribution in [0.25, 0.3) is 11.3 Å². The van der Waals surface area contributed by atoms with Crippen molar-refractivity contribution in [2.24, 2.45) is 0 Å². The minimum Gasteiger partial charge on any atom is -0.497 e. The van der Waals surface area contributed by atoms with E-state index in [1.807, 2.05) is 24.3 Å². The van der Waals surface area contributed by atoms with Crippen molar-refractivity contribution in [2.75, 3.05) is 72.1 Å². The van der Waals surface area contributed by atoms with E-state index in [0.29, 0.717) is 61.5 Å².